The summed E-state index contributed by atoms with van der Waals surface area (Å²) in [5, 5.41) is 13.2. The van der Waals surface area contributed by atoms with Crippen LogP contribution in [0.2, 0.25) is 5.02 Å². The minimum Gasteiger partial charge on any atom is -0.550 e. The van der Waals surface area contributed by atoms with Crippen LogP contribution in [0.3, 0.4) is 0 Å². The molecule has 0 aliphatic heterocycles. The Hall–Kier alpha value is -0.690. The molecular formula is C14H13ClF2NNaO3. The molecule has 0 radical (unpaired) electrons. The van der Waals surface area contributed by atoms with E-state index in [9.17, 15) is 23.5 Å². The van der Waals surface area contributed by atoms with Gasteiger partial charge in [-0.3, -0.25) is 4.79 Å². The van der Waals surface area contributed by atoms with Gasteiger partial charge in [0.1, 0.15) is 5.82 Å². The summed E-state index contributed by atoms with van der Waals surface area (Å²) in [6.45, 7) is 3.35. The van der Waals surface area contributed by atoms with Crippen LogP contribution in [0.1, 0.15) is 20.3 Å². The van der Waals surface area contributed by atoms with Gasteiger partial charge in [-0.15, -0.1) is 0 Å². The molecule has 0 aromatic heterocycles. The Morgan fingerprint density at radius 1 is 1.41 bits per heavy atom. The van der Waals surface area contributed by atoms with Crippen LogP contribution in [-0.4, -0.2) is 11.9 Å². The van der Waals surface area contributed by atoms with Gasteiger partial charge in [0.05, 0.1) is 16.6 Å². The Kier molecular flexibility index (Phi) is 6.01. The first-order valence-electron chi connectivity index (χ1n) is 6.37. The number of carbonyl (C=O) groups excluding carboxylic acids is 2. The van der Waals surface area contributed by atoms with Crippen molar-refractivity contribution in [3.63, 3.8) is 0 Å². The number of benzene rings is 1. The van der Waals surface area contributed by atoms with Crippen LogP contribution in [-0.2, 0) is 9.59 Å². The normalized spacial score (nSPS) is 22.9. The van der Waals surface area contributed by atoms with Crippen molar-refractivity contribution in [1.29, 1.82) is 0 Å². The third-order valence-electron chi connectivity index (χ3n) is 3.99. The molecule has 0 bridgehead atoms. The Balaban J connectivity index is 0.00000242. The molecule has 1 aliphatic rings. The van der Waals surface area contributed by atoms with Gasteiger partial charge in [0.2, 0.25) is 5.91 Å². The maximum Gasteiger partial charge on any atom is 1.00 e. The number of nitrogens with one attached hydrogen (secondary N) is 1. The minimum absolute atomic E-state index is 0. The first-order chi connectivity index (χ1) is 9.70. The zero-order valence-electron chi connectivity index (χ0n) is 12.4. The van der Waals surface area contributed by atoms with E-state index in [1.54, 1.807) is 13.8 Å². The van der Waals surface area contributed by atoms with Crippen molar-refractivity contribution in [2.24, 2.45) is 17.3 Å². The number of aliphatic carboxylic acids is 1. The predicted octanol–water partition coefficient (Wildman–Crippen LogP) is -1.03. The van der Waals surface area contributed by atoms with Gasteiger partial charge < -0.3 is 15.2 Å². The summed E-state index contributed by atoms with van der Waals surface area (Å²) in [6, 6.07) is 1.45. The van der Waals surface area contributed by atoms with Gasteiger partial charge in [0.25, 0.3) is 0 Å². The van der Waals surface area contributed by atoms with E-state index in [0.717, 1.165) is 6.07 Å². The quantitative estimate of drug-likeness (QED) is 0.714. The van der Waals surface area contributed by atoms with Crippen LogP contribution in [0, 0.1) is 28.9 Å². The van der Waals surface area contributed by atoms with Crippen LogP contribution in [0.15, 0.2) is 12.1 Å². The van der Waals surface area contributed by atoms with Gasteiger partial charge in [0, 0.05) is 17.5 Å². The van der Waals surface area contributed by atoms with E-state index in [-0.39, 0.29) is 52.6 Å². The summed E-state index contributed by atoms with van der Waals surface area (Å²) in [5.74, 6) is -4.97. The Labute approximate surface area is 153 Å². The van der Waals surface area contributed by atoms with Crippen molar-refractivity contribution >= 4 is 29.2 Å². The van der Waals surface area contributed by atoms with Crippen LogP contribution >= 0.6 is 11.6 Å². The fourth-order valence-electron chi connectivity index (χ4n) is 2.58. The number of halogens is 3. The van der Waals surface area contributed by atoms with Crippen LogP contribution in [0.4, 0.5) is 14.5 Å². The maximum absolute atomic E-state index is 13.6. The molecule has 22 heavy (non-hydrogen) atoms. The van der Waals surface area contributed by atoms with Crippen molar-refractivity contribution < 1.29 is 53.0 Å². The molecule has 2 unspecified atom stereocenters. The largest absolute Gasteiger partial charge is 1.00 e. The van der Waals surface area contributed by atoms with Gasteiger partial charge >= 0.3 is 29.6 Å². The topological polar surface area (TPSA) is 69.2 Å². The molecule has 1 N–H and O–H groups in total. The number of hydrogen-bond acceptors (Lipinski definition) is 3. The van der Waals surface area contributed by atoms with E-state index < -0.39 is 34.8 Å². The molecule has 4 nitrogen and oxygen atoms in total. The molecule has 1 fully saturated rings. The average molecular weight is 340 g/mol. The van der Waals surface area contributed by atoms with Crippen molar-refractivity contribution in [2.75, 3.05) is 5.32 Å². The first-order valence-corrected chi connectivity index (χ1v) is 6.74. The molecule has 114 valence electrons. The standard InChI is InChI=1S/C14H14ClF2NO3.Na/c1-6(2)14(13(20)21)5-8(14)12(19)18-11-9(15)3-7(16)4-10(11)17;/h3-4,6,8H,5H2,1-2H3,(H,18,19)(H,20,21);/q;+1/p-1. The third-order valence-corrected chi connectivity index (χ3v) is 4.28. The van der Waals surface area contributed by atoms with E-state index in [2.05, 4.69) is 5.32 Å². The molecule has 1 amide bonds. The molecule has 0 spiro atoms. The number of rotatable bonds is 4. The molecule has 2 atom stereocenters. The monoisotopic (exact) mass is 339 g/mol. The molecule has 1 aromatic rings. The third kappa shape index (κ3) is 3.30. The van der Waals surface area contributed by atoms with Crippen molar-refractivity contribution in [1.82, 2.24) is 0 Å². The summed E-state index contributed by atoms with van der Waals surface area (Å²) in [5.41, 5.74) is -1.60. The second-order valence-corrected chi connectivity index (χ2v) is 5.88. The van der Waals surface area contributed by atoms with E-state index in [1.165, 1.54) is 0 Å². The number of carboxylic acids is 1. The Morgan fingerprint density at radius 3 is 2.41 bits per heavy atom. The average Bonchev–Trinajstić information content (AvgIpc) is 3.10. The van der Waals surface area contributed by atoms with E-state index in [4.69, 9.17) is 11.6 Å². The second kappa shape index (κ2) is 6.83. The maximum atomic E-state index is 13.6. The van der Waals surface area contributed by atoms with Gasteiger partial charge in [-0.05, 0) is 18.4 Å². The molecule has 1 saturated carbocycles. The summed E-state index contributed by atoms with van der Waals surface area (Å²) in [6.07, 6.45) is 0.124. The van der Waals surface area contributed by atoms with Crippen molar-refractivity contribution in [3.05, 3.63) is 28.8 Å². The summed E-state index contributed by atoms with van der Waals surface area (Å²) in [7, 11) is 0. The summed E-state index contributed by atoms with van der Waals surface area (Å²) >= 11 is 5.68. The Morgan fingerprint density at radius 2 is 2.00 bits per heavy atom. The zero-order chi connectivity index (χ0) is 15.9. The summed E-state index contributed by atoms with van der Waals surface area (Å²) in [4.78, 5) is 23.3. The number of amides is 1. The van der Waals surface area contributed by atoms with E-state index in [0.29, 0.717) is 6.07 Å². The van der Waals surface area contributed by atoms with Crippen LogP contribution in [0.25, 0.3) is 0 Å². The van der Waals surface area contributed by atoms with E-state index >= 15 is 0 Å². The molecule has 1 aromatic carbocycles. The van der Waals surface area contributed by atoms with Gasteiger partial charge in [-0.25, -0.2) is 8.78 Å². The number of carbonyl (C=O) groups is 2. The molecule has 2 rings (SSSR count). The SMILES string of the molecule is CC(C)C1(C(=O)[O-])CC1C(=O)Nc1c(F)cc(F)cc1Cl.[Na+]. The fourth-order valence-corrected chi connectivity index (χ4v) is 2.82. The fraction of sp³-hybridized carbons (Fsp3) is 0.429. The Bertz CT molecular complexity index is 603. The van der Waals surface area contributed by atoms with Crippen LogP contribution < -0.4 is 40.0 Å². The minimum atomic E-state index is -1.30. The molecule has 8 heteroatoms. The van der Waals surface area contributed by atoms with Gasteiger partial charge in [0.15, 0.2) is 5.82 Å². The number of carboxylic acid groups (broad SMARTS) is 1. The van der Waals surface area contributed by atoms with Crippen molar-refractivity contribution in [2.45, 2.75) is 20.3 Å². The zero-order valence-corrected chi connectivity index (χ0v) is 15.1. The molecule has 1 aliphatic carbocycles. The smallest absolute Gasteiger partial charge is 0.550 e. The first kappa shape index (κ1) is 19.4. The number of anilines is 1. The number of hydrogen-bond donors (Lipinski definition) is 1. The molecular weight excluding hydrogens is 327 g/mol. The summed E-state index contributed by atoms with van der Waals surface area (Å²) < 4.78 is 26.5. The molecule has 0 saturated heterocycles. The van der Waals surface area contributed by atoms with Crippen molar-refractivity contribution in [3.8, 4) is 0 Å². The second-order valence-electron chi connectivity index (χ2n) is 5.47. The van der Waals surface area contributed by atoms with Gasteiger partial charge in [-0.2, -0.15) is 0 Å². The van der Waals surface area contributed by atoms with Gasteiger partial charge in [-0.1, -0.05) is 25.4 Å². The predicted molar refractivity (Wildman–Crippen MR) is 70.4 cm³/mol. The van der Waals surface area contributed by atoms with E-state index in [1.807, 2.05) is 0 Å². The van der Waals surface area contributed by atoms with Crippen LogP contribution in [0.5, 0.6) is 0 Å². The molecule has 0 heterocycles.